The highest BCUT2D eigenvalue weighted by Crippen LogP contribution is 2.24. The summed E-state index contributed by atoms with van der Waals surface area (Å²) in [6, 6.07) is 8.50. The fraction of sp³-hybridized carbons (Fsp3) is 0.571. The Balaban J connectivity index is 2.66. The number of rotatable bonds is 12. The van der Waals surface area contributed by atoms with Crippen LogP contribution in [0.5, 0.6) is 0 Å². The predicted molar refractivity (Wildman–Crippen MR) is 97.0 cm³/mol. The molecule has 0 spiro atoms. The van der Waals surface area contributed by atoms with Crippen molar-refractivity contribution in [2.24, 2.45) is 5.92 Å². The first-order chi connectivity index (χ1) is 10.8. The lowest BCUT2D eigenvalue weighted by molar-refractivity contribution is -0.104. The molecule has 0 saturated heterocycles. The van der Waals surface area contributed by atoms with Crippen LogP contribution >= 0.6 is 0 Å². The van der Waals surface area contributed by atoms with Crippen LogP contribution in [-0.2, 0) is 11.2 Å². The Kier molecular flexibility index (Phi) is 10.4. The van der Waals surface area contributed by atoms with E-state index in [4.69, 9.17) is 0 Å². The molecule has 22 heavy (non-hydrogen) atoms. The highest BCUT2D eigenvalue weighted by atomic mass is 16.1. The van der Waals surface area contributed by atoms with Crippen LogP contribution in [0.3, 0.4) is 0 Å². The van der Waals surface area contributed by atoms with E-state index in [0.29, 0.717) is 0 Å². The minimum Gasteiger partial charge on any atom is -0.299 e. The van der Waals surface area contributed by atoms with E-state index in [1.165, 1.54) is 62.5 Å². The summed E-state index contributed by atoms with van der Waals surface area (Å²) in [5.74, 6) is 0.780. The molecule has 0 aliphatic heterocycles. The van der Waals surface area contributed by atoms with Gasteiger partial charge in [-0.05, 0) is 29.5 Å². The normalized spacial score (nSPS) is 12.6. The van der Waals surface area contributed by atoms with Gasteiger partial charge in [0.05, 0.1) is 0 Å². The molecule has 0 aliphatic rings. The first kappa shape index (κ1) is 18.7. The van der Waals surface area contributed by atoms with Gasteiger partial charge in [-0.2, -0.15) is 0 Å². The maximum absolute atomic E-state index is 10.6. The van der Waals surface area contributed by atoms with Gasteiger partial charge in [0.2, 0.25) is 0 Å². The minimum absolute atomic E-state index is 0.780. The van der Waals surface area contributed by atoms with Crippen molar-refractivity contribution in [2.75, 3.05) is 0 Å². The van der Waals surface area contributed by atoms with Gasteiger partial charge in [0, 0.05) is 0 Å². The number of aldehydes is 1. The van der Waals surface area contributed by atoms with E-state index < -0.39 is 0 Å². The highest BCUT2D eigenvalue weighted by Gasteiger charge is 2.11. The Morgan fingerprint density at radius 3 is 2.41 bits per heavy atom. The molecule has 0 fully saturated rings. The Labute approximate surface area is 136 Å². The fourth-order valence-electron chi connectivity index (χ4n) is 3.04. The smallest absolute Gasteiger partial charge is 0.142 e. The van der Waals surface area contributed by atoms with Gasteiger partial charge in [-0.1, -0.05) is 95.6 Å². The van der Waals surface area contributed by atoms with Crippen molar-refractivity contribution < 1.29 is 4.79 Å². The number of hydrogen-bond acceptors (Lipinski definition) is 1. The molecule has 1 heteroatoms. The molecular formula is C21H32O. The van der Waals surface area contributed by atoms with E-state index >= 15 is 0 Å². The quantitative estimate of drug-likeness (QED) is 0.254. The van der Waals surface area contributed by atoms with Gasteiger partial charge >= 0.3 is 0 Å². The third-order valence-electron chi connectivity index (χ3n) is 4.35. The van der Waals surface area contributed by atoms with Crippen LogP contribution in [0.1, 0.15) is 76.3 Å². The maximum atomic E-state index is 10.6. The Morgan fingerprint density at radius 1 is 0.955 bits per heavy atom. The topological polar surface area (TPSA) is 17.1 Å². The van der Waals surface area contributed by atoms with Crippen LogP contribution in [0.2, 0.25) is 0 Å². The molecule has 0 bridgehead atoms. The summed E-state index contributed by atoms with van der Waals surface area (Å²) < 4.78 is 0. The molecule has 0 N–H and O–H groups in total. The number of unbranched alkanes of at least 4 members (excludes halogenated alkanes) is 4. The van der Waals surface area contributed by atoms with Gasteiger partial charge in [-0.15, -0.1) is 0 Å². The van der Waals surface area contributed by atoms with Crippen molar-refractivity contribution in [1.82, 2.24) is 0 Å². The predicted octanol–water partition coefficient (Wildman–Crippen LogP) is 6.22. The molecule has 0 heterocycles. The van der Waals surface area contributed by atoms with E-state index in [2.05, 4.69) is 38.1 Å². The third kappa shape index (κ3) is 7.59. The second-order valence-corrected chi connectivity index (χ2v) is 6.26. The van der Waals surface area contributed by atoms with Crippen LogP contribution in [0.15, 0.2) is 30.3 Å². The average Bonchev–Trinajstić information content (AvgIpc) is 2.55. The molecule has 0 amide bonds. The van der Waals surface area contributed by atoms with Gasteiger partial charge in [0.25, 0.3) is 0 Å². The van der Waals surface area contributed by atoms with Crippen LogP contribution in [0.4, 0.5) is 0 Å². The van der Waals surface area contributed by atoms with Gasteiger partial charge in [0.15, 0.2) is 0 Å². The lowest BCUT2D eigenvalue weighted by atomic mass is 9.87. The van der Waals surface area contributed by atoms with E-state index in [-0.39, 0.29) is 0 Å². The molecule has 0 aromatic heterocycles. The third-order valence-corrected chi connectivity index (χ3v) is 4.35. The second kappa shape index (κ2) is 12.2. The first-order valence-corrected chi connectivity index (χ1v) is 9.01. The van der Waals surface area contributed by atoms with Gasteiger partial charge < -0.3 is 0 Å². The molecular weight excluding hydrogens is 268 g/mol. The molecule has 0 aliphatic carbocycles. The van der Waals surface area contributed by atoms with E-state index in [1.54, 1.807) is 6.08 Å². The van der Waals surface area contributed by atoms with Crippen molar-refractivity contribution in [3.05, 3.63) is 41.5 Å². The molecule has 1 aromatic carbocycles. The molecule has 1 nitrogen and oxygen atoms in total. The molecule has 1 aromatic rings. The van der Waals surface area contributed by atoms with Crippen LogP contribution in [0.25, 0.3) is 6.08 Å². The molecule has 0 saturated carbocycles. The maximum Gasteiger partial charge on any atom is 0.142 e. The molecule has 122 valence electrons. The number of carbonyl (C=O) groups is 1. The summed E-state index contributed by atoms with van der Waals surface area (Å²) in [7, 11) is 0. The Bertz CT molecular complexity index is 433. The Morgan fingerprint density at radius 2 is 1.68 bits per heavy atom. The largest absolute Gasteiger partial charge is 0.299 e. The lowest BCUT2D eigenvalue weighted by Crippen LogP contribution is -2.06. The van der Waals surface area contributed by atoms with Gasteiger partial charge in [-0.3, -0.25) is 4.79 Å². The zero-order chi connectivity index (χ0) is 16.0. The first-order valence-electron chi connectivity index (χ1n) is 9.01. The zero-order valence-corrected chi connectivity index (χ0v) is 14.4. The summed E-state index contributed by atoms with van der Waals surface area (Å²) in [5.41, 5.74) is 2.59. The molecule has 0 radical (unpaired) electrons. The van der Waals surface area contributed by atoms with Crippen molar-refractivity contribution in [3.8, 4) is 0 Å². The van der Waals surface area contributed by atoms with E-state index in [9.17, 15) is 4.79 Å². The monoisotopic (exact) mass is 300 g/mol. The Hall–Kier alpha value is -1.37. The van der Waals surface area contributed by atoms with Crippen LogP contribution in [0, 0.1) is 5.92 Å². The van der Waals surface area contributed by atoms with Crippen molar-refractivity contribution >= 4 is 12.4 Å². The number of hydrogen-bond donors (Lipinski definition) is 0. The van der Waals surface area contributed by atoms with Crippen LogP contribution in [-0.4, -0.2) is 6.29 Å². The molecule has 1 unspecified atom stereocenters. The van der Waals surface area contributed by atoms with Crippen molar-refractivity contribution in [3.63, 3.8) is 0 Å². The van der Waals surface area contributed by atoms with Gasteiger partial charge in [-0.25, -0.2) is 0 Å². The summed E-state index contributed by atoms with van der Waals surface area (Å²) in [5, 5.41) is 0. The number of allylic oxidation sites excluding steroid dienone is 1. The summed E-state index contributed by atoms with van der Waals surface area (Å²) in [4.78, 5) is 10.6. The summed E-state index contributed by atoms with van der Waals surface area (Å²) >= 11 is 0. The number of carbonyl (C=O) groups excluding carboxylic acids is 1. The molecule has 1 rings (SSSR count). The number of benzene rings is 1. The lowest BCUT2D eigenvalue weighted by Gasteiger charge is -2.18. The van der Waals surface area contributed by atoms with Crippen LogP contribution < -0.4 is 0 Å². The summed E-state index contributed by atoms with van der Waals surface area (Å²) in [6.07, 6.45) is 16.2. The fourth-order valence-corrected chi connectivity index (χ4v) is 3.04. The average molecular weight is 300 g/mol. The minimum atomic E-state index is 0.780. The van der Waals surface area contributed by atoms with E-state index in [0.717, 1.165) is 18.6 Å². The highest BCUT2D eigenvalue weighted by molar-refractivity contribution is 5.74. The van der Waals surface area contributed by atoms with Crippen molar-refractivity contribution in [1.29, 1.82) is 0 Å². The van der Waals surface area contributed by atoms with Crippen molar-refractivity contribution in [2.45, 2.75) is 71.6 Å². The zero-order valence-electron chi connectivity index (χ0n) is 14.4. The standard InChI is InChI=1S/C21H32O/c1-3-5-7-8-13-19(12-6-4-2)18-21-15-10-9-14-20(21)16-11-17-22/h9-11,14-17,19H,3-8,12-13,18H2,1-2H3/b16-11+. The molecule has 1 atom stereocenters. The van der Waals surface area contributed by atoms with Gasteiger partial charge in [0.1, 0.15) is 6.29 Å². The summed E-state index contributed by atoms with van der Waals surface area (Å²) in [6.45, 7) is 4.54. The second-order valence-electron chi connectivity index (χ2n) is 6.26. The SMILES string of the molecule is CCCCCCC(CCCC)Cc1ccccc1/C=C/C=O. The van der Waals surface area contributed by atoms with E-state index in [1.807, 2.05) is 6.08 Å².